The molecule has 0 N–H and O–H groups in total. The molecule has 0 unspecified atom stereocenters. The normalized spacial score (nSPS) is 16.4. The fourth-order valence-corrected chi connectivity index (χ4v) is 2.80. The molecule has 0 spiro atoms. The molecule has 1 aromatic carbocycles. The van der Waals surface area contributed by atoms with Crippen LogP contribution in [0.3, 0.4) is 0 Å². The van der Waals surface area contributed by atoms with E-state index in [9.17, 15) is 0 Å². The third-order valence-corrected chi connectivity index (χ3v) is 4.07. The van der Waals surface area contributed by atoms with Crippen LogP contribution in [0.5, 0.6) is 0 Å². The second-order valence-corrected chi connectivity index (χ2v) is 5.58. The Hall–Kier alpha value is -1.59. The van der Waals surface area contributed by atoms with Crippen molar-refractivity contribution in [1.82, 2.24) is 15.0 Å². The zero-order chi connectivity index (χ0) is 14.7. The van der Waals surface area contributed by atoms with Crippen LogP contribution in [0.15, 0.2) is 28.8 Å². The zero-order valence-electron chi connectivity index (χ0n) is 12.1. The molecule has 1 fully saturated rings. The monoisotopic (exact) mass is 306 g/mol. The van der Waals surface area contributed by atoms with Crippen molar-refractivity contribution in [2.45, 2.75) is 19.9 Å². The molecule has 112 valence electrons. The van der Waals surface area contributed by atoms with Gasteiger partial charge in [0.1, 0.15) is 0 Å². The van der Waals surface area contributed by atoms with Gasteiger partial charge in [0.05, 0.1) is 17.3 Å². The summed E-state index contributed by atoms with van der Waals surface area (Å²) in [6, 6.07) is 8.00. The molecule has 2 heterocycles. The van der Waals surface area contributed by atoms with E-state index in [2.05, 4.69) is 26.0 Å². The third-order valence-electron chi connectivity index (χ3n) is 3.75. The smallest absolute Gasteiger partial charge is 0.240 e. The lowest BCUT2D eigenvalue weighted by molar-refractivity contribution is 0.215. The highest BCUT2D eigenvalue weighted by atomic mass is 35.5. The number of nitrogens with zero attached hydrogens (tertiary/aromatic N) is 4. The fourth-order valence-electron chi connectivity index (χ4n) is 2.54. The molecule has 0 amide bonds. The van der Waals surface area contributed by atoms with Crippen LogP contribution in [-0.4, -0.2) is 41.2 Å². The summed E-state index contributed by atoms with van der Waals surface area (Å²) in [6.45, 7) is 6.60. The van der Waals surface area contributed by atoms with Gasteiger partial charge in [0.2, 0.25) is 5.89 Å². The largest absolute Gasteiger partial charge is 0.368 e. The van der Waals surface area contributed by atoms with E-state index in [4.69, 9.17) is 16.1 Å². The molecule has 0 bridgehead atoms. The summed E-state index contributed by atoms with van der Waals surface area (Å²) >= 11 is 6.25. The summed E-state index contributed by atoms with van der Waals surface area (Å²) in [6.07, 6.45) is 0.809. The standard InChI is InChI=1S/C15H19ClN4O/c1-2-14-17-15(21-18-14)11-19-7-9-20(10-8-19)13-6-4-3-5-12(13)16/h3-6H,2,7-11H2,1H3. The second kappa shape index (κ2) is 6.45. The maximum Gasteiger partial charge on any atom is 0.240 e. The predicted molar refractivity (Wildman–Crippen MR) is 82.6 cm³/mol. The van der Waals surface area contributed by atoms with Crippen LogP contribution >= 0.6 is 11.6 Å². The quantitative estimate of drug-likeness (QED) is 0.869. The molecule has 2 aromatic rings. The maximum absolute atomic E-state index is 6.25. The van der Waals surface area contributed by atoms with E-state index in [0.29, 0.717) is 5.89 Å². The number of hydrogen-bond acceptors (Lipinski definition) is 5. The summed E-state index contributed by atoms with van der Waals surface area (Å²) in [5.74, 6) is 1.48. The number of para-hydroxylation sites is 1. The average molecular weight is 307 g/mol. The van der Waals surface area contributed by atoms with Gasteiger partial charge >= 0.3 is 0 Å². The van der Waals surface area contributed by atoms with Gasteiger partial charge in [-0.25, -0.2) is 0 Å². The number of benzene rings is 1. The van der Waals surface area contributed by atoms with Crippen molar-refractivity contribution in [1.29, 1.82) is 0 Å². The molecule has 0 aliphatic carbocycles. The van der Waals surface area contributed by atoms with Crippen LogP contribution in [0.4, 0.5) is 5.69 Å². The number of aryl methyl sites for hydroxylation is 1. The van der Waals surface area contributed by atoms with Gasteiger partial charge in [0, 0.05) is 32.6 Å². The van der Waals surface area contributed by atoms with E-state index in [-0.39, 0.29) is 0 Å². The van der Waals surface area contributed by atoms with Crippen LogP contribution < -0.4 is 4.90 Å². The molecule has 1 aliphatic heterocycles. The lowest BCUT2D eigenvalue weighted by Crippen LogP contribution is -2.46. The molecular weight excluding hydrogens is 288 g/mol. The number of hydrogen-bond donors (Lipinski definition) is 0. The zero-order valence-corrected chi connectivity index (χ0v) is 12.9. The summed E-state index contributed by atoms with van der Waals surface area (Å²) in [4.78, 5) is 9.02. The SMILES string of the molecule is CCc1noc(CN2CCN(c3ccccc3Cl)CC2)n1. The Balaban J connectivity index is 1.56. The van der Waals surface area contributed by atoms with E-state index in [1.165, 1.54) is 0 Å². The molecule has 0 radical (unpaired) electrons. The molecule has 5 nitrogen and oxygen atoms in total. The van der Waals surface area contributed by atoms with Crippen molar-refractivity contribution in [3.8, 4) is 0 Å². The molecule has 0 saturated carbocycles. The number of halogens is 1. The van der Waals surface area contributed by atoms with Crippen LogP contribution in [0.1, 0.15) is 18.6 Å². The summed E-state index contributed by atoms with van der Waals surface area (Å²) in [7, 11) is 0. The third kappa shape index (κ3) is 3.36. The van der Waals surface area contributed by atoms with Crippen LogP contribution in [0, 0.1) is 0 Å². The first-order valence-corrected chi connectivity index (χ1v) is 7.67. The molecule has 1 saturated heterocycles. The Labute approximate surface area is 129 Å². The molecular formula is C15H19ClN4O. The van der Waals surface area contributed by atoms with E-state index < -0.39 is 0 Å². The van der Waals surface area contributed by atoms with E-state index >= 15 is 0 Å². The number of piperazine rings is 1. The van der Waals surface area contributed by atoms with Crippen molar-refractivity contribution in [2.24, 2.45) is 0 Å². The highest BCUT2D eigenvalue weighted by molar-refractivity contribution is 6.33. The Morgan fingerprint density at radius 2 is 1.95 bits per heavy atom. The lowest BCUT2D eigenvalue weighted by atomic mass is 10.2. The van der Waals surface area contributed by atoms with Gasteiger partial charge < -0.3 is 9.42 Å². The predicted octanol–water partition coefficient (Wildman–Crippen LogP) is 2.61. The van der Waals surface area contributed by atoms with Crippen LogP contribution in [0.2, 0.25) is 5.02 Å². The molecule has 6 heteroatoms. The first-order chi connectivity index (χ1) is 10.3. The van der Waals surface area contributed by atoms with E-state index in [0.717, 1.165) is 55.7 Å². The van der Waals surface area contributed by atoms with Gasteiger partial charge in [-0.05, 0) is 12.1 Å². The minimum Gasteiger partial charge on any atom is -0.368 e. The number of aromatic nitrogens is 2. The lowest BCUT2D eigenvalue weighted by Gasteiger charge is -2.35. The fraction of sp³-hybridized carbons (Fsp3) is 0.467. The molecule has 1 aliphatic rings. The maximum atomic E-state index is 6.25. The highest BCUT2D eigenvalue weighted by Crippen LogP contribution is 2.26. The minimum absolute atomic E-state index is 0.707. The minimum atomic E-state index is 0.707. The van der Waals surface area contributed by atoms with Gasteiger partial charge in [-0.2, -0.15) is 4.98 Å². The van der Waals surface area contributed by atoms with Crippen LogP contribution in [-0.2, 0) is 13.0 Å². The van der Waals surface area contributed by atoms with Crippen molar-refractivity contribution >= 4 is 17.3 Å². The second-order valence-electron chi connectivity index (χ2n) is 5.17. The summed E-state index contributed by atoms with van der Waals surface area (Å²) in [5.41, 5.74) is 1.12. The molecule has 21 heavy (non-hydrogen) atoms. The van der Waals surface area contributed by atoms with Crippen LogP contribution in [0.25, 0.3) is 0 Å². The van der Waals surface area contributed by atoms with Gasteiger partial charge in [0.25, 0.3) is 0 Å². The van der Waals surface area contributed by atoms with Gasteiger partial charge in [0.15, 0.2) is 5.82 Å². The van der Waals surface area contributed by atoms with Crippen molar-refractivity contribution in [3.63, 3.8) is 0 Å². The number of anilines is 1. The highest BCUT2D eigenvalue weighted by Gasteiger charge is 2.20. The Kier molecular flexibility index (Phi) is 4.41. The topological polar surface area (TPSA) is 45.4 Å². The number of rotatable bonds is 4. The Morgan fingerprint density at radius 3 is 2.62 bits per heavy atom. The van der Waals surface area contributed by atoms with Crippen molar-refractivity contribution in [2.75, 3.05) is 31.1 Å². The van der Waals surface area contributed by atoms with Crippen molar-refractivity contribution < 1.29 is 4.52 Å². The van der Waals surface area contributed by atoms with E-state index in [1.54, 1.807) is 0 Å². The van der Waals surface area contributed by atoms with Gasteiger partial charge in [-0.3, -0.25) is 4.90 Å². The summed E-state index contributed by atoms with van der Waals surface area (Å²) in [5, 5.41) is 4.75. The van der Waals surface area contributed by atoms with Gasteiger partial charge in [-0.15, -0.1) is 0 Å². The Morgan fingerprint density at radius 1 is 1.19 bits per heavy atom. The molecule has 3 rings (SSSR count). The first-order valence-electron chi connectivity index (χ1n) is 7.29. The van der Waals surface area contributed by atoms with Crippen molar-refractivity contribution in [3.05, 3.63) is 41.0 Å². The average Bonchev–Trinajstić information content (AvgIpc) is 2.96. The van der Waals surface area contributed by atoms with Gasteiger partial charge in [-0.1, -0.05) is 35.8 Å². The first kappa shape index (κ1) is 14.4. The molecule has 1 aromatic heterocycles. The Bertz CT molecular complexity index is 593. The summed E-state index contributed by atoms with van der Waals surface area (Å²) < 4.78 is 5.25. The molecule has 0 atom stereocenters. The van der Waals surface area contributed by atoms with E-state index in [1.807, 2.05) is 25.1 Å².